The first-order chi connectivity index (χ1) is 5.56. The highest BCUT2D eigenvalue weighted by molar-refractivity contribution is 5.81. The minimum Gasteiger partial charge on any atom is -0.455 e. The first-order valence-corrected chi connectivity index (χ1v) is 3.57. The fourth-order valence-corrected chi connectivity index (χ4v) is 0.771. The smallest absolute Gasteiger partial charge is 0.303 e. The third kappa shape index (κ3) is 5.85. The molecule has 0 unspecified atom stereocenters. The van der Waals surface area contributed by atoms with Crippen molar-refractivity contribution in [2.75, 3.05) is 13.7 Å². The zero-order valence-corrected chi connectivity index (χ0v) is 7.55. The zero-order valence-electron chi connectivity index (χ0n) is 7.55. The maximum absolute atomic E-state index is 10.9. The lowest BCUT2D eigenvalue weighted by Gasteiger charge is -2.08. The molecule has 0 atom stereocenters. The van der Waals surface area contributed by atoms with E-state index in [0.29, 0.717) is 6.10 Å². The molecule has 0 aromatic rings. The van der Waals surface area contributed by atoms with Gasteiger partial charge < -0.3 is 9.47 Å². The van der Waals surface area contributed by atoms with Crippen molar-refractivity contribution in [2.24, 2.45) is 0 Å². The molecular formula is C8H13O4. The highest BCUT2D eigenvalue weighted by Gasteiger charge is 2.12. The Hall–Kier alpha value is -0.900. The Morgan fingerprint density at radius 2 is 1.83 bits per heavy atom. The zero-order chi connectivity index (χ0) is 9.56. The Bertz CT molecular complexity index is 164. The summed E-state index contributed by atoms with van der Waals surface area (Å²) >= 11 is 0. The van der Waals surface area contributed by atoms with Gasteiger partial charge in [-0.25, -0.2) is 0 Å². The van der Waals surface area contributed by atoms with Crippen molar-refractivity contribution in [3.05, 3.63) is 6.10 Å². The summed E-state index contributed by atoms with van der Waals surface area (Å²) in [6.07, 6.45) is 0.539. The van der Waals surface area contributed by atoms with Crippen LogP contribution in [0.1, 0.15) is 20.3 Å². The van der Waals surface area contributed by atoms with E-state index in [1.165, 1.54) is 14.0 Å². The van der Waals surface area contributed by atoms with Gasteiger partial charge in [0.05, 0.1) is 6.42 Å². The molecule has 0 fully saturated rings. The molecule has 0 N–H and O–H groups in total. The van der Waals surface area contributed by atoms with Crippen LogP contribution in [0.25, 0.3) is 0 Å². The van der Waals surface area contributed by atoms with Crippen molar-refractivity contribution in [1.82, 2.24) is 0 Å². The van der Waals surface area contributed by atoms with Gasteiger partial charge in [-0.3, -0.25) is 9.59 Å². The largest absolute Gasteiger partial charge is 0.455 e. The Kier molecular flexibility index (Phi) is 5.28. The van der Waals surface area contributed by atoms with Crippen molar-refractivity contribution >= 4 is 11.8 Å². The molecular weight excluding hydrogens is 160 g/mol. The minimum atomic E-state index is -0.405. The topological polar surface area (TPSA) is 52.6 Å². The SMILES string of the molecule is COCC(=O)C[C](C)OC(C)=O. The van der Waals surface area contributed by atoms with E-state index in [9.17, 15) is 9.59 Å². The lowest BCUT2D eigenvalue weighted by atomic mass is 10.2. The van der Waals surface area contributed by atoms with E-state index in [2.05, 4.69) is 9.47 Å². The predicted octanol–water partition coefficient (Wildman–Crippen LogP) is 0.707. The van der Waals surface area contributed by atoms with Crippen molar-refractivity contribution < 1.29 is 19.1 Å². The van der Waals surface area contributed by atoms with Crippen LogP contribution in [-0.2, 0) is 19.1 Å². The number of methoxy groups -OCH3 is 1. The van der Waals surface area contributed by atoms with E-state index in [-0.39, 0.29) is 18.8 Å². The van der Waals surface area contributed by atoms with Crippen LogP contribution < -0.4 is 0 Å². The standard InChI is InChI=1S/C8H13O4/c1-6(12-7(2)9)4-8(10)5-11-3/h4-5H2,1-3H3. The van der Waals surface area contributed by atoms with Gasteiger partial charge in [0.15, 0.2) is 11.9 Å². The number of rotatable bonds is 5. The highest BCUT2D eigenvalue weighted by Crippen LogP contribution is 2.07. The molecule has 4 heteroatoms. The van der Waals surface area contributed by atoms with E-state index in [4.69, 9.17) is 0 Å². The van der Waals surface area contributed by atoms with E-state index >= 15 is 0 Å². The monoisotopic (exact) mass is 173 g/mol. The molecule has 0 aliphatic rings. The summed E-state index contributed by atoms with van der Waals surface area (Å²) in [4.78, 5) is 21.3. The summed E-state index contributed by atoms with van der Waals surface area (Å²) in [7, 11) is 1.44. The molecule has 69 valence electrons. The van der Waals surface area contributed by atoms with E-state index < -0.39 is 5.97 Å². The van der Waals surface area contributed by atoms with Crippen LogP contribution in [0.4, 0.5) is 0 Å². The molecule has 12 heavy (non-hydrogen) atoms. The molecule has 0 amide bonds. The number of carbonyl (C=O) groups excluding carboxylic acids is 2. The van der Waals surface area contributed by atoms with Gasteiger partial charge in [-0.05, 0) is 6.92 Å². The van der Waals surface area contributed by atoms with Crippen molar-refractivity contribution in [3.8, 4) is 0 Å². The third-order valence-electron chi connectivity index (χ3n) is 1.07. The van der Waals surface area contributed by atoms with Crippen LogP contribution in [0.5, 0.6) is 0 Å². The lowest BCUT2D eigenvalue weighted by molar-refractivity contribution is -0.140. The van der Waals surface area contributed by atoms with Gasteiger partial charge in [0.1, 0.15) is 6.61 Å². The summed E-state index contributed by atoms with van der Waals surface area (Å²) in [6.45, 7) is 2.94. The molecule has 0 aromatic carbocycles. The van der Waals surface area contributed by atoms with Crippen molar-refractivity contribution in [2.45, 2.75) is 20.3 Å². The minimum absolute atomic E-state index is 0.0542. The lowest BCUT2D eigenvalue weighted by Crippen LogP contribution is -2.13. The summed E-state index contributed by atoms with van der Waals surface area (Å²) in [6, 6.07) is 0. The second-order valence-electron chi connectivity index (χ2n) is 2.44. The molecule has 0 rings (SSSR count). The van der Waals surface area contributed by atoms with Gasteiger partial charge in [-0.2, -0.15) is 0 Å². The highest BCUT2D eigenvalue weighted by atomic mass is 16.5. The second kappa shape index (κ2) is 5.71. The number of hydrogen-bond donors (Lipinski definition) is 0. The van der Waals surface area contributed by atoms with Gasteiger partial charge in [0, 0.05) is 14.0 Å². The predicted molar refractivity (Wildman–Crippen MR) is 42.2 cm³/mol. The van der Waals surface area contributed by atoms with E-state index in [1.807, 2.05) is 0 Å². The second-order valence-corrected chi connectivity index (χ2v) is 2.44. The number of ketones is 1. The fourth-order valence-electron chi connectivity index (χ4n) is 0.771. The average Bonchev–Trinajstić information content (AvgIpc) is 1.84. The quantitative estimate of drug-likeness (QED) is 0.574. The molecule has 0 saturated carbocycles. The van der Waals surface area contributed by atoms with Crippen LogP contribution in [-0.4, -0.2) is 25.5 Å². The van der Waals surface area contributed by atoms with Crippen LogP contribution >= 0.6 is 0 Å². The molecule has 0 saturated heterocycles. The summed E-state index contributed by atoms with van der Waals surface area (Å²) in [5.41, 5.74) is 0. The maximum atomic E-state index is 10.9. The molecule has 0 aliphatic carbocycles. The molecule has 0 aromatic heterocycles. The number of esters is 1. The normalized spacial score (nSPS) is 10.0. The Balaban J connectivity index is 3.61. The Labute approximate surface area is 71.8 Å². The summed E-state index contributed by atoms with van der Waals surface area (Å²) < 4.78 is 9.27. The molecule has 4 nitrogen and oxygen atoms in total. The Morgan fingerprint density at radius 1 is 1.25 bits per heavy atom. The van der Waals surface area contributed by atoms with E-state index in [1.54, 1.807) is 6.92 Å². The molecule has 0 heterocycles. The fraction of sp³-hybridized carbons (Fsp3) is 0.625. The van der Waals surface area contributed by atoms with Gasteiger partial charge in [0.2, 0.25) is 0 Å². The van der Waals surface area contributed by atoms with Crippen molar-refractivity contribution in [1.29, 1.82) is 0 Å². The van der Waals surface area contributed by atoms with Gasteiger partial charge in [0.25, 0.3) is 0 Å². The van der Waals surface area contributed by atoms with E-state index in [0.717, 1.165) is 0 Å². The average molecular weight is 173 g/mol. The van der Waals surface area contributed by atoms with Crippen LogP contribution in [0, 0.1) is 6.10 Å². The van der Waals surface area contributed by atoms with Gasteiger partial charge in [-0.15, -0.1) is 0 Å². The van der Waals surface area contributed by atoms with Gasteiger partial charge in [-0.1, -0.05) is 0 Å². The molecule has 0 spiro atoms. The number of Topliss-reactive ketones (excluding diaryl/α,β-unsaturated/α-hetero) is 1. The molecule has 0 aliphatic heterocycles. The molecule has 1 radical (unpaired) electrons. The molecule has 0 bridgehead atoms. The van der Waals surface area contributed by atoms with Gasteiger partial charge >= 0.3 is 5.97 Å². The van der Waals surface area contributed by atoms with Crippen LogP contribution in [0.15, 0.2) is 0 Å². The number of hydrogen-bond acceptors (Lipinski definition) is 4. The summed E-state index contributed by atoms with van der Waals surface area (Å²) in [5, 5.41) is 0. The van der Waals surface area contributed by atoms with Crippen molar-refractivity contribution in [3.63, 3.8) is 0 Å². The van der Waals surface area contributed by atoms with Crippen LogP contribution in [0.3, 0.4) is 0 Å². The Morgan fingerprint density at radius 3 is 2.25 bits per heavy atom. The number of ether oxygens (including phenoxy) is 2. The maximum Gasteiger partial charge on any atom is 0.303 e. The van der Waals surface area contributed by atoms with Crippen LogP contribution in [0.2, 0.25) is 0 Å². The third-order valence-corrected chi connectivity index (χ3v) is 1.07. The summed E-state index contributed by atoms with van der Waals surface area (Å²) in [5.74, 6) is -0.506. The first kappa shape index (κ1) is 11.1. The first-order valence-electron chi connectivity index (χ1n) is 3.57. The number of carbonyl (C=O) groups is 2.